The van der Waals surface area contributed by atoms with Crippen molar-refractivity contribution in [1.29, 1.82) is 0 Å². The van der Waals surface area contributed by atoms with Gasteiger partial charge < -0.3 is 4.90 Å². The molecule has 26 heavy (non-hydrogen) atoms. The van der Waals surface area contributed by atoms with Gasteiger partial charge in [-0.05, 0) is 54.9 Å². The summed E-state index contributed by atoms with van der Waals surface area (Å²) in [5.41, 5.74) is 3.38. The minimum atomic E-state index is 0.337. The Morgan fingerprint density at radius 3 is 2.58 bits per heavy atom. The summed E-state index contributed by atoms with van der Waals surface area (Å²) in [7, 11) is 0. The molecule has 3 rings (SSSR count). The highest BCUT2D eigenvalue weighted by Crippen LogP contribution is 2.24. The van der Waals surface area contributed by atoms with Crippen LogP contribution in [0.25, 0.3) is 0 Å². The zero-order chi connectivity index (χ0) is 18.5. The SMILES string of the molecule is Cc1ccc(N2CCC[C@H](CC(=O)Cc3ccc(C(C)C)cc3)C2)nn1. The molecule has 0 unspecified atom stereocenters. The summed E-state index contributed by atoms with van der Waals surface area (Å²) in [6, 6.07) is 12.5. The number of anilines is 1. The van der Waals surface area contributed by atoms with Crippen molar-refractivity contribution in [3.05, 3.63) is 53.2 Å². The van der Waals surface area contributed by atoms with Crippen molar-refractivity contribution >= 4 is 11.6 Å². The average molecular weight is 351 g/mol. The third-order valence-electron chi connectivity index (χ3n) is 5.19. The zero-order valence-electron chi connectivity index (χ0n) is 16.1. The van der Waals surface area contributed by atoms with E-state index in [0.717, 1.165) is 43.0 Å². The Balaban J connectivity index is 1.54. The number of nitrogens with zero attached hydrogens (tertiary/aromatic N) is 3. The lowest BCUT2D eigenvalue weighted by molar-refractivity contribution is -0.119. The molecule has 2 aromatic rings. The van der Waals surface area contributed by atoms with E-state index in [1.807, 2.05) is 19.1 Å². The van der Waals surface area contributed by atoms with Gasteiger partial charge in [0.1, 0.15) is 5.78 Å². The number of aryl methyl sites for hydroxylation is 1. The molecule has 1 atom stereocenters. The van der Waals surface area contributed by atoms with Gasteiger partial charge in [0.05, 0.1) is 5.69 Å². The highest BCUT2D eigenvalue weighted by Gasteiger charge is 2.23. The van der Waals surface area contributed by atoms with Gasteiger partial charge in [0.2, 0.25) is 0 Å². The van der Waals surface area contributed by atoms with Crippen molar-refractivity contribution in [1.82, 2.24) is 10.2 Å². The minimum Gasteiger partial charge on any atom is -0.355 e. The molecule has 0 N–H and O–H groups in total. The van der Waals surface area contributed by atoms with Crippen LogP contribution in [0.1, 0.15) is 55.8 Å². The molecule has 1 aliphatic heterocycles. The minimum absolute atomic E-state index is 0.337. The number of Topliss-reactive ketones (excluding diaryl/α,β-unsaturated/α-hetero) is 1. The van der Waals surface area contributed by atoms with Gasteiger partial charge in [-0.1, -0.05) is 38.1 Å². The molecule has 4 heteroatoms. The fourth-order valence-corrected chi connectivity index (χ4v) is 3.64. The van der Waals surface area contributed by atoms with E-state index in [1.54, 1.807) is 0 Å². The van der Waals surface area contributed by atoms with E-state index in [9.17, 15) is 4.79 Å². The Bertz CT molecular complexity index is 722. The van der Waals surface area contributed by atoms with Crippen LogP contribution in [-0.2, 0) is 11.2 Å². The number of carbonyl (C=O) groups is 1. The van der Waals surface area contributed by atoms with Gasteiger partial charge in [0.15, 0.2) is 5.82 Å². The van der Waals surface area contributed by atoms with Crippen molar-refractivity contribution in [3.8, 4) is 0 Å². The topological polar surface area (TPSA) is 46.1 Å². The molecular formula is C22H29N3O. The molecule has 0 aliphatic carbocycles. The Hall–Kier alpha value is -2.23. The molecule has 1 aromatic carbocycles. The maximum Gasteiger partial charge on any atom is 0.151 e. The van der Waals surface area contributed by atoms with E-state index in [-0.39, 0.29) is 0 Å². The summed E-state index contributed by atoms with van der Waals surface area (Å²) in [5, 5.41) is 8.45. The molecule has 2 heterocycles. The lowest BCUT2D eigenvalue weighted by Crippen LogP contribution is -2.37. The number of rotatable bonds is 6. The number of carbonyl (C=O) groups excluding carboxylic acids is 1. The van der Waals surface area contributed by atoms with Gasteiger partial charge >= 0.3 is 0 Å². The summed E-state index contributed by atoms with van der Waals surface area (Å²) < 4.78 is 0. The first-order valence-corrected chi connectivity index (χ1v) is 9.67. The normalized spacial score (nSPS) is 17.5. The van der Waals surface area contributed by atoms with Crippen molar-refractivity contribution in [2.75, 3.05) is 18.0 Å². The molecule has 1 aromatic heterocycles. The summed E-state index contributed by atoms with van der Waals surface area (Å²) in [6.45, 7) is 8.22. The van der Waals surface area contributed by atoms with Crippen LogP contribution in [0.3, 0.4) is 0 Å². The van der Waals surface area contributed by atoms with Crippen LogP contribution in [0.15, 0.2) is 36.4 Å². The van der Waals surface area contributed by atoms with Crippen molar-refractivity contribution in [2.24, 2.45) is 5.92 Å². The van der Waals surface area contributed by atoms with Crippen LogP contribution in [0, 0.1) is 12.8 Å². The lowest BCUT2D eigenvalue weighted by Gasteiger charge is -2.33. The number of hydrogen-bond donors (Lipinski definition) is 0. The molecule has 138 valence electrons. The van der Waals surface area contributed by atoms with E-state index in [2.05, 4.69) is 53.2 Å². The molecule has 4 nitrogen and oxygen atoms in total. The first-order chi connectivity index (χ1) is 12.5. The zero-order valence-corrected chi connectivity index (χ0v) is 16.1. The highest BCUT2D eigenvalue weighted by atomic mass is 16.1. The molecular weight excluding hydrogens is 322 g/mol. The van der Waals surface area contributed by atoms with Crippen LogP contribution in [0.5, 0.6) is 0 Å². The molecule has 0 saturated carbocycles. The van der Waals surface area contributed by atoms with Crippen molar-refractivity contribution in [3.63, 3.8) is 0 Å². The predicted octanol–water partition coefficient (Wildman–Crippen LogP) is 4.33. The fourth-order valence-electron chi connectivity index (χ4n) is 3.64. The van der Waals surface area contributed by atoms with Crippen LogP contribution in [-0.4, -0.2) is 29.1 Å². The fraction of sp³-hybridized carbons (Fsp3) is 0.500. The van der Waals surface area contributed by atoms with Crippen LogP contribution >= 0.6 is 0 Å². The van der Waals surface area contributed by atoms with E-state index < -0.39 is 0 Å². The summed E-state index contributed by atoms with van der Waals surface area (Å²) in [4.78, 5) is 14.8. The Labute approximate surface area is 156 Å². The molecule has 0 radical (unpaired) electrons. The van der Waals surface area contributed by atoms with E-state index in [1.165, 1.54) is 5.56 Å². The van der Waals surface area contributed by atoms with Gasteiger partial charge in [-0.15, -0.1) is 5.10 Å². The van der Waals surface area contributed by atoms with E-state index in [4.69, 9.17) is 0 Å². The smallest absolute Gasteiger partial charge is 0.151 e. The maximum absolute atomic E-state index is 12.5. The predicted molar refractivity (Wildman–Crippen MR) is 106 cm³/mol. The Kier molecular flexibility index (Phi) is 6.02. The highest BCUT2D eigenvalue weighted by molar-refractivity contribution is 5.81. The van der Waals surface area contributed by atoms with Gasteiger partial charge in [-0.25, -0.2) is 0 Å². The van der Waals surface area contributed by atoms with Gasteiger partial charge in [-0.3, -0.25) is 4.79 Å². The van der Waals surface area contributed by atoms with Crippen molar-refractivity contribution in [2.45, 2.75) is 52.4 Å². The second-order valence-electron chi connectivity index (χ2n) is 7.80. The van der Waals surface area contributed by atoms with Gasteiger partial charge in [0, 0.05) is 25.9 Å². The lowest BCUT2D eigenvalue weighted by atomic mass is 9.91. The van der Waals surface area contributed by atoms with Crippen molar-refractivity contribution < 1.29 is 4.79 Å². The van der Waals surface area contributed by atoms with E-state index >= 15 is 0 Å². The number of piperidine rings is 1. The van der Waals surface area contributed by atoms with Gasteiger partial charge in [0.25, 0.3) is 0 Å². The molecule has 0 amide bonds. The monoisotopic (exact) mass is 351 g/mol. The quantitative estimate of drug-likeness (QED) is 0.777. The van der Waals surface area contributed by atoms with Gasteiger partial charge in [-0.2, -0.15) is 5.10 Å². The average Bonchev–Trinajstić information content (AvgIpc) is 2.63. The number of ketones is 1. The number of aromatic nitrogens is 2. The largest absolute Gasteiger partial charge is 0.355 e. The molecule has 1 fully saturated rings. The maximum atomic E-state index is 12.5. The van der Waals surface area contributed by atoms with E-state index in [0.29, 0.717) is 30.5 Å². The van der Waals surface area contributed by atoms with Crippen LogP contribution < -0.4 is 4.90 Å². The Morgan fingerprint density at radius 2 is 1.92 bits per heavy atom. The first-order valence-electron chi connectivity index (χ1n) is 9.67. The van der Waals surface area contributed by atoms with Crippen LogP contribution in [0.2, 0.25) is 0 Å². The first kappa shape index (κ1) is 18.6. The molecule has 0 spiro atoms. The van der Waals surface area contributed by atoms with Crippen LogP contribution in [0.4, 0.5) is 5.82 Å². The summed E-state index contributed by atoms with van der Waals surface area (Å²) >= 11 is 0. The summed E-state index contributed by atoms with van der Waals surface area (Å²) in [6.07, 6.45) is 3.42. The second kappa shape index (κ2) is 8.43. The molecule has 1 aliphatic rings. The standard InChI is InChI=1S/C22H29N3O/c1-16(2)20-9-7-18(8-10-20)13-21(26)14-19-5-4-12-25(15-19)22-11-6-17(3)23-24-22/h6-11,16,19H,4-5,12-15H2,1-3H3/t19-/m1/s1. The Morgan fingerprint density at radius 1 is 1.15 bits per heavy atom. The third kappa shape index (κ3) is 4.90. The molecule has 1 saturated heterocycles. The second-order valence-corrected chi connectivity index (χ2v) is 7.80. The third-order valence-corrected chi connectivity index (χ3v) is 5.19. The number of hydrogen-bond acceptors (Lipinski definition) is 4. The molecule has 0 bridgehead atoms. The number of benzene rings is 1. The summed E-state index contributed by atoms with van der Waals surface area (Å²) in [5.74, 6) is 2.20.